The zero-order chi connectivity index (χ0) is 25.2. The number of ether oxygens (including phenoxy) is 4. The Kier molecular flexibility index (Phi) is 6.17. The molecule has 0 aliphatic heterocycles. The maximum absolute atomic E-state index is 13.8. The first-order valence-electron chi connectivity index (χ1n) is 11.4. The van der Waals surface area contributed by atoms with Gasteiger partial charge in [0.1, 0.15) is 29.6 Å². The van der Waals surface area contributed by atoms with Gasteiger partial charge in [-0.2, -0.15) is 0 Å². The average Bonchev–Trinajstić information content (AvgIpc) is 2.93. The number of rotatable bonds is 7. The smallest absolute Gasteiger partial charge is 0.198 e. The minimum absolute atomic E-state index is 0.200. The third-order valence-corrected chi connectivity index (χ3v) is 6.25. The molecule has 0 amide bonds. The minimum atomic E-state index is -0.331. The van der Waals surface area contributed by atoms with Crippen LogP contribution in [0.1, 0.15) is 31.8 Å². The van der Waals surface area contributed by atoms with Gasteiger partial charge < -0.3 is 18.9 Å². The zero-order valence-corrected chi connectivity index (χ0v) is 20.2. The predicted octanol–water partition coefficient (Wildman–Crippen LogP) is 5.91. The Morgan fingerprint density at radius 1 is 0.694 bits per heavy atom. The zero-order valence-electron chi connectivity index (χ0n) is 20.2. The number of Topliss-reactive ketones (excluding diaryl/α,β-unsaturated/α-hetero) is 1. The molecule has 0 radical (unpaired) electrons. The molecule has 4 aromatic rings. The van der Waals surface area contributed by atoms with Crippen molar-refractivity contribution in [1.29, 1.82) is 0 Å². The maximum Gasteiger partial charge on any atom is 0.198 e. The minimum Gasteiger partial charge on any atom is -0.496 e. The second-order valence-corrected chi connectivity index (χ2v) is 8.25. The summed E-state index contributed by atoms with van der Waals surface area (Å²) >= 11 is 0. The summed E-state index contributed by atoms with van der Waals surface area (Å²) in [6, 6.07) is 22.0. The summed E-state index contributed by atoms with van der Waals surface area (Å²) in [5.41, 5.74) is 2.13. The second-order valence-electron chi connectivity index (χ2n) is 8.25. The summed E-state index contributed by atoms with van der Waals surface area (Å²) < 4.78 is 23.2. The van der Waals surface area contributed by atoms with Crippen LogP contribution < -0.4 is 18.9 Å². The molecule has 0 saturated carbocycles. The normalized spacial score (nSPS) is 12.7. The molecule has 0 spiro atoms. The second kappa shape index (κ2) is 9.58. The monoisotopic (exact) mass is 480 g/mol. The molecular weight excluding hydrogens is 456 g/mol. The van der Waals surface area contributed by atoms with Gasteiger partial charge in [0.25, 0.3) is 0 Å². The number of carbonyl (C=O) groups is 2. The summed E-state index contributed by atoms with van der Waals surface area (Å²) in [7, 11) is 4.61. The van der Waals surface area contributed by atoms with Crippen molar-refractivity contribution >= 4 is 27.9 Å². The van der Waals surface area contributed by atoms with E-state index in [2.05, 4.69) is 0 Å². The van der Waals surface area contributed by atoms with E-state index in [1.807, 2.05) is 48.5 Å². The van der Waals surface area contributed by atoms with Gasteiger partial charge in [-0.05, 0) is 29.8 Å². The first kappa shape index (κ1) is 23.2. The Hall–Kier alpha value is -4.58. The van der Waals surface area contributed by atoms with Gasteiger partial charge in [0.05, 0.1) is 32.3 Å². The van der Waals surface area contributed by atoms with Gasteiger partial charge in [0.15, 0.2) is 11.6 Å². The predicted molar refractivity (Wildman–Crippen MR) is 137 cm³/mol. The number of hydrogen-bond acceptors (Lipinski definition) is 6. The van der Waals surface area contributed by atoms with E-state index in [1.165, 1.54) is 13.2 Å². The number of hydrogen-bond donors (Lipinski definition) is 0. The SMILES string of the molecule is COc1cccc2c1C(=O)C(c1cc(OC)c3cccc(OC)c3c1OCc1ccccc1)=CC2=O. The van der Waals surface area contributed by atoms with Gasteiger partial charge in [-0.3, -0.25) is 9.59 Å². The molecule has 0 N–H and O–H groups in total. The van der Waals surface area contributed by atoms with E-state index in [4.69, 9.17) is 18.9 Å². The van der Waals surface area contributed by atoms with Gasteiger partial charge in [-0.25, -0.2) is 0 Å². The molecule has 0 bridgehead atoms. The molecule has 0 fully saturated rings. The molecular formula is C30H24O6. The summed E-state index contributed by atoms with van der Waals surface area (Å²) in [4.78, 5) is 27.0. The summed E-state index contributed by atoms with van der Waals surface area (Å²) in [6.07, 6.45) is 1.36. The molecule has 4 aromatic carbocycles. The van der Waals surface area contributed by atoms with Gasteiger partial charge in [0, 0.05) is 22.1 Å². The number of carbonyl (C=O) groups excluding carboxylic acids is 2. The largest absolute Gasteiger partial charge is 0.496 e. The number of fused-ring (bicyclic) bond motifs is 2. The van der Waals surface area contributed by atoms with Gasteiger partial charge in [-0.1, -0.05) is 54.6 Å². The molecule has 6 heteroatoms. The van der Waals surface area contributed by atoms with E-state index in [1.54, 1.807) is 38.5 Å². The van der Waals surface area contributed by atoms with Crippen molar-refractivity contribution in [1.82, 2.24) is 0 Å². The van der Waals surface area contributed by atoms with Gasteiger partial charge in [-0.15, -0.1) is 0 Å². The third kappa shape index (κ3) is 3.86. The van der Waals surface area contributed by atoms with Crippen LogP contribution in [0.2, 0.25) is 0 Å². The highest BCUT2D eigenvalue weighted by Gasteiger charge is 2.32. The van der Waals surface area contributed by atoms with Crippen LogP contribution in [0.3, 0.4) is 0 Å². The van der Waals surface area contributed by atoms with Crippen LogP contribution in [0.25, 0.3) is 16.3 Å². The van der Waals surface area contributed by atoms with Gasteiger partial charge in [0.2, 0.25) is 0 Å². The highest BCUT2D eigenvalue weighted by molar-refractivity contribution is 6.40. The Morgan fingerprint density at radius 3 is 2.11 bits per heavy atom. The van der Waals surface area contributed by atoms with E-state index < -0.39 is 0 Å². The lowest BCUT2D eigenvalue weighted by molar-refractivity contribution is 0.0999. The molecule has 0 unspecified atom stereocenters. The Bertz CT molecular complexity index is 1520. The van der Waals surface area contributed by atoms with Crippen LogP contribution in [-0.2, 0) is 6.61 Å². The topological polar surface area (TPSA) is 71.1 Å². The van der Waals surface area contributed by atoms with E-state index in [9.17, 15) is 9.59 Å². The summed E-state index contributed by atoms with van der Waals surface area (Å²) in [6.45, 7) is 0.253. The van der Waals surface area contributed by atoms with E-state index in [0.717, 1.165) is 10.9 Å². The molecule has 0 heterocycles. The van der Waals surface area contributed by atoms with Crippen LogP contribution in [0.15, 0.2) is 78.9 Å². The van der Waals surface area contributed by atoms with Crippen molar-refractivity contribution in [2.24, 2.45) is 0 Å². The molecule has 1 aliphatic rings. The summed E-state index contributed by atoms with van der Waals surface area (Å²) in [5.74, 6) is 1.24. The Morgan fingerprint density at radius 2 is 1.39 bits per heavy atom. The van der Waals surface area contributed by atoms with Crippen molar-refractivity contribution < 1.29 is 28.5 Å². The quantitative estimate of drug-likeness (QED) is 0.328. The fraction of sp³-hybridized carbons (Fsp3) is 0.133. The Labute approximate surface area is 208 Å². The number of methoxy groups -OCH3 is 3. The average molecular weight is 481 g/mol. The van der Waals surface area contributed by atoms with Crippen molar-refractivity contribution in [3.05, 3.63) is 101 Å². The number of ketones is 2. The van der Waals surface area contributed by atoms with E-state index in [-0.39, 0.29) is 29.3 Å². The molecule has 36 heavy (non-hydrogen) atoms. The first-order chi connectivity index (χ1) is 17.6. The Balaban J connectivity index is 1.76. The third-order valence-electron chi connectivity index (χ3n) is 6.25. The molecule has 5 rings (SSSR count). The van der Waals surface area contributed by atoms with Crippen LogP contribution in [0, 0.1) is 0 Å². The first-order valence-corrected chi connectivity index (χ1v) is 11.4. The molecule has 0 atom stereocenters. The standard InChI is InChI=1S/C30H24O6/c1-33-24-13-7-11-19-23(31)15-21(29(32)27(19)24)22-16-26(35-3)20-12-8-14-25(34-2)28(20)30(22)36-17-18-9-5-4-6-10-18/h4-16H,17H2,1-3H3. The fourth-order valence-corrected chi connectivity index (χ4v) is 4.55. The fourth-order valence-electron chi connectivity index (χ4n) is 4.55. The lowest BCUT2D eigenvalue weighted by Crippen LogP contribution is -2.18. The lowest BCUT2D eigenvalue weighted by Gasteiger charge is -2.22. The van der Waals surface area contributed by atoms with Crippen LogP contribution in [0.4, 0.5) is 0 Å². The van der Waals surface area contributed by atoms with Crippen LogP contribution >= 0.6 is 0 Å². The van der Waals surface area contributed by atoms with Crippen LogP contribution in [-0.4, -0.2) is 32.9 Å². The molecule has 6 nitrogen and oxygen atoms in total. The van der Waals surface area contributed by atoms with Crippen molar-refractivity contribution in [3.63, 3.8) is 0 Å². The summed E-state index contributed by atoms with van der Waals surface area (Å²) in [5, 5.41) is 1.41. The van der Waals surface area contributed by atoms with Gasteiger partial charge >= 0.3 is 0 Å². The van der Waals surface area contributed by atoms with Crippen molar-refractivity contribution in [2.45, 2.75) is 6.61 Å². The number of allylic oxidation sites excluding steroid dienone is 2. The molecule has 180 valence electrons. The number of benzene rings is 4. The van der Waals surface area contributed by atoms with E-state index in [0.29, 0.717) is 39.5 Å². The highest BCUT2D eigenvalue weighted by Crippen LogP contribution is 2.46. The van der Waals surface area contributed by atoms with Crippen molar-refractivity contribution in [3.8, 4) is 23.0 Å². The van der Waals surface area contributed by atoms with E-state index >= 15 is 0 Å². The molecule has 1 aliphatic carbocycles. The van der Waals surface area contributed by atoms with Crippen molar-refractivity contribution in [2.75, 3.05) is 21.3 Å². The maximum atomic E-state index is 13.8. The lowest BCUT2D eigenvalue weighted by atomic mass is 9.84. The highest BCUT2D eigenvalue weighted by atomic mass is 16.5. The van der Waals surface area contributed by atoms with Crippen LogP contribution in [0.5, 0.6) is 23.0 Å². The molecule has 0 saturated heterocycles. The molecule has 0 aromatic heterocycles.